The number of nitro groups is 1. The number of carbonyl (C=O) groups excluding carboxylic acids is 2. The number of benzene rings is 2. The van der Waals surface area contributed by atoms with E-state index >= 15 is 0 Å². The SMILES string of the molecule is C[C@@H](NC(=O)COc1ccc(C=O)cc1[N+](=O)[O-])c1ccccc1. The molecule has 2 rings (SSSR count). The van der Waals surface area contributed by atoms with Crippen LogP contribution in [0.4, 0.5) is 5.69 Å². The summed E-state index contributed by atoms with van der Waals surface area (Å²) in [6.45, 7) is 1.47. The van der Waals surface area contributed by atoms with Crippen molar-refractivity contribution in [3.63, 3.8) is 0 Å². The van der Waals surface area contributed by atoms with Crippen LogP contribution in [0.2, 0.25) is 0 Å². The highest BCUT2D eigenvalue weighted by Gasteiger charge is 2.17. The number of nitrogens with zero attached hydrogens (tertiary/aromatic N) is 1. The van der Waals surface area contributed by atoms with Gasteiger partial charge in [0.2, 0.25) is 0 Å². The lowest BCUT2D eigenvalue weighted by Gasteiger charge is -2.14. The summed E-state index contributed by atoms with van der Waals surface area (Å²) in [5, 5.41) is 13.8. The van der Waals surface area contributed by atoms with Crippen LogP contribution in [0.1, 0.15) is 28.9 Å². The molecule has 0 fully saturated rings. The number of amides is 1. The monoisotopic (exact) mass is 328 g/mol. The van der Waals surface area contributed by atoms with E-state index in [4.69, 9.17) is 4.74 Å². The minimum atomic E-state index is -0.660. The minimum Gasteiger partial charge on any atom is -0.477 e. The van der Waals surface area contributed by atoms with Gasteiger partial charge in [0, 0.05) is 11.6 Å². The summed E-state index contributed by atoms with van der Waals surface area (Å²) < 4.78 is 5.23. The van der Waals surface area contributed by atoms with E-state index in [-0.39, 0.29) is 29.6 Å². The zero-order valence-corrected chi connectivity index (χ0v) is 13.0. The maximum absolute atomic E-state index is 11.9. The highest BCUT2D eigenvalue weighted by molar-refractivity contribution is 5.79. The summed E-state index contributed by atoms with van der Waals surface area (Å²) in [6, 6.07) is 13.0. The third-order valence-electron chi connectivity index (χ3n) is 3.35. The fourth-order valence-corrected chi connectivity index (χ4v) is 2.12. The Bertz CT molecular complexity index is 746. The number of aldehydes is 1. The Balaban J connectivity index is 1.99. The van der Waals surface area contributed by atoms with Gasteiger partial charge in [-0.1, -0.05) is 30.3 Å². The predicted molar refractivity (Wildman–Crippen MR) is 87.0 cm³/mol. The molecule has 1 atom stereocenters. The van der Waals surface area contributed by atoms with Crippen molar-refractivity contribution in [3.05, 3.63) is 69.8 Å². The Labute approximate surface area is 138 Å². The highest BCUT2D eigenvalue weighted by Crippen LogP contribution is 2.27. The van der Waals surface area contributed by atoms with Crippen molar-refractivity contribution in [2.24, 2.45) is 0 Å². The number of hydrogen-bond donors (Lipinski definition) is 1. The van der Waals surface area contributed by atoms with Crippen LogP contribution in [0.15, 0.2) is 48.5 Å². The summed E-state index contributed by atoms with van der Waals surface area (Å²) in [5.41, 5.74) is 0.742. The van der Waals surface area contributed by atoms with Gasteiger partial charge in [0.05, 0.1) is 11.0 Å². The van der Waals surface area contributed by atoms with Crippen LogP contribution < -0.4 is 10.1 Å². The van der Waals surface area contributed by atoms with Crippen molar-refractivity contribution in [3.8, 4) is 5.75 Å². The molecule has 0 bridgehead atoms. The molecule has 7 heteroatoms. The first-order valence-corrected chi connectivity index (χ1v) is 7.22. The van der Waals surface area contributed by atoms with Gasteiger partial charge in [-0.2, -0.15) is 0 Å². The first kappa shape index (κ1) is 17.1. The summed E-state index contributed by atoms with van der Waals surface area (Å²) in [4.78, 5) is 33.0. The largest absolute Gasteiger partial charge is 0.477 e. The van der Waals surface area contributed by atoms with E-state index < -0.39 is 10.8 Å². The molecule has 0 unspecified atom stereocenters. The molecule has 7 nitrogen and oxygen atoms in total. The zero-order valence-electron chi connectivity index (χ0n) is 13.0. The number of carbonyl (C=O) groups is 2. The zero-order chi connectivity index (χ0) is 17.5. The number of rotatable bonds is 7. The number of hydrogen-bond acceptors (Lipinski definition) is 5. The molecule has 0 saturated carbocycles. The average molecular weight is 328 g/mol. The van der Waals surface area contributed by atoms with Crippen LogP contribution in [0, 0.1) is 10.1 Å². The van der Waals surface area contributed by atoms with Crippen molar-refractivity contribution in [1.82, 2.24) is 5.32 Å². The summed E-state index contributed by atoms with van der Waals surface area (Å²) in [7, 11) is 0. The van der Waals surface area contributed by atoms with E-state index in [1.165, 1.54) is 12.1 Å². The third-order valence-corrected chi connectivity index (χ3v) is 3.35. The highest BCUT2D eigenvalue weighted by atomic mass is 16.6. The smallest absolute Gasteiger partial charge is 0.311 e. The van der Waals surface area contributed by atoms with E-state index in [1.54, 1.807) is 0 Å². The van der Waals surface area contributed by atoms with Crippen molar-refractivity contribution >= 4 is 17.9 Å². The number of nitro benzene ring substituents is 1. The minimum absolute atomic E-state index is 0.0619. The fourth-order valence-electron chi connectivity index (χ4n) is 2.12. The van der Waals surface area contributed by atoms with Gasteiger partial charge in [-0.25, -0.2) is 0 Å². The lowest BCUT2D eigenvalue weighted by molar-refractivity contribution is -0.385. The second-order valence-electron chi connectivity index (χ2n) is 5.09. The Morgan fingerprint density at radius 3 is 2.62 bits per heavy atom. The van der Waals surface area contributed by atoms with Gasteiger partial charge >= 0.3 is 5.69 Å². The van der Waals surface area contributed by atoms with Crippen LogP contribution in [-0.4, -0.2) is 23.7 Å². The standard InChI is InChI=1S/C17H16N2O5/c1-12(14-5-3-2-4-6-14)18-17(21)11-24-16-8-7-13(10-20)9-15(16)19(22)23/h2-10,12H,11H2,1H3,(H,18,21)/t12-/m1/s1. The molecule has 0 spiro atoms. The van der Waals surface area contributed by atoms with Crippen molar-refractivity contribution in [2.45, 2.75) is 13.0 Å². The number of nitrogens with one attached hydrogen (secondary N) is 1. The Morgan fingerprint density at radius 2 is 2.00 bits per heavy atom. The second-order valence-corrected chi connectivity index (χ2v) is 5.09. The van der Waals surface area contributed by atoms with Gasteiger partial charge in [-0.15, -0.1) is 0 Å². The molecule has 0 aliphatic heterocycles. The lowest BCUT2D eigenvalue weighted by Crippen LogP contribution is -2.31. The maximum atomic E-state index is 11.9. The van der Waals surface area contributed by atoms with E-state index in [1.807, 2.05) is 37.3 Å². The fraction of sp³-hybridized carbons (Fsp3) is 0.176. The molecule has 124 valence electrons. The normalized spacial score (nSPS) is 11.4. The van der Waals surface area contributed by atoms with Gasteiger partial charge in [-0.05, 0) is 24.6 Å². The van der Waals surface area contributed by atoms with Gasteiger partial charge in [0.25, 0.3) is 5.91 Å². The molecule has 0 radical (unpaired) electrons. The molecule has 0 saturated heterocycles. The second kappa shape index (κ2) is 7.87. The molecule has 0 aromatic heterocycles. The molecule has 2 aromatic rings. The first-order chi connectivity index (χ1) is 11.5. The van der Waals surface area contributed by atoms with E-state index in [0.717, 1.165) is 11.6 Å². The number of ether oxygens (including phenoxy) is 1. The molecular weight excluding hydrogens is 312 g/mol. The molecule has 1 amide bonds. The molecule has 2 aromatic carbocycles. The molecule has 0 heterocycles. The summed E-state index contributed by atoms with van der Waals surface area (Å²) >= 11 is 0. The van der Waals surface area contributed by atoms with Crippen molar-refractivity contribution in [1.29, 1.82) is 0 Å². The van der Waals surface area contributed by atoms with Gasteiger partial charge in [0.15, 0.2) is 12.4 Å². The van der Waals surface area contributed by atoms with Gasteiger partial charge in [0.1, 0.15) is 6.29 Å². The Morgan fingerprint density at radius 1 is 1.29 bits per heavy atom. The molecular formula is C17H16N2O5. The van der Waals surface area contributed by atoms with Crippen LogP contribution in [-0.2, 0) is 4.79 Å². The van der Waals surface area contributed by atoms with Crippen LogP contribution in [0.25, 0.3) is 0 Å². The van der Waals surface area contributed by atoms with Gasteiger partial charge in [-0.3, -0.25) is 19.7 Å². The Hall–Kier alpha value is -3.22. The molecule has 0 aliphatic carbocycles. The summed E-state index contributed by atoms with van der Waals surface area (Å²) in [6.07, 6.45) is 0.505. The van der Waals surface area contributed by atoms with Crippen LogP contribution in [0.5, 0.6) is 5.75 Å². The maximum Gasteiger partial charge on any atom is 0.311 e. The van der Waals surface area contributed by atoms with Crippen molar-refractivity contribution < 1.29 is 19.2 Å². The molecule has 0 aliphatic rings. The summed E-state index contributed by atoms with van der Waals surface area (Å²) in [5.74, 6) is -0.465. The quantitative estimate of drug-likeness (QED) is 0.478. The van der Waals surface area contributed by atoms with E-state index in [9.17, 15) is 19.7 Å². The van der Waals surface area contributed by atoms with Crippen LogP contribution in [0.3, 0.4) is 0 Å². The topological polar surface area (TPSA) is 98.5 Å². The molecule has 24 heavy (non-hydrogen) atoms. The van der Waals surface area contributed by atoms with Gasteiger partial charge < -0.3 is 10.1 Å². The Kier molecular flexibility index (Phi) is 5.62. The third kappa shape index (κ3) is 4.39. The van der Waals surface area contributed by atoms with E-state index in [2.05, 4.69) is 5.32 Å². The first-order valence-electron chi connectivity index (χ1n) is 7.22. The molecule has 1 N–H and O–H groups in total. The van der Waals surface area contributed by atoms with E-state index in [0.29, 0.717) is 6.29 Å². The van der Waals surface area contributed by atoms with Crippen LogP contribution >= 0.6 is 0 Å². The van der Waals surface area contributed by atoms with Crippen molar-refractivity contribution in [2.75, 3.05) is 6.61 Å². The average Bonchev–Trinajstić information content (AvgIpc) is 2.60. The lowest BCUT2D eigenvalue weighted by atomic mass is 10.1. The predicted octanol–water partition coefficient (Wildman–Crippen LogP) is 2.66.